The smallest absolute Gasteiger partial charge is 0.218 e. The Balaban J connectivity index is 2.87. The minimum Gasteiger partial charge on any atom is -0.475 e. The highest BCUT2D eigenvalue weighted by Gasteiger charge is 2.12. The number of anilines is 1. The molecule has 0 spiro atoms. The highest BCUT2D eigenvalue weighted by Crippen LogP contribution is 2.18. The van der Waals surface area contributed by atoms with E-state index in [0.717, 1.165) is 17.7 Å². The van der Waals surface area contributed by atoms with Crippen LogP contribution in [0.25, 0.3) is 0 Å². The number of hydrogen-bond acceptors (Lipinski definition) is 4. The molecule has 4 nitrogen and oxygen atoms in total. The Morgan fingerprint density at radius 2 is 2.00 bits per heavy atom. The van der Waals surface area contributed by atoms with Crippen molar-refractivity contribution in [3.8, 4) is 5.88 Å². The molecule has 5 heteroatoms. The molecule has 0 saturated heterocycles. The van der Waals surface area contributed by atoms with Crippen LogP contribution in [0, 0.1) is 0 Å². The van der Waals surface area contributed by atoms with Crippen molar-refractivity contribution in [1.29, 1.82) is 0 Å². The first-order chi connectivity index (χ1) is 8.04. The van der Waals surface area contributed by atoms with E-state index in [4.69, 9.17) is 4.74 Å². The Labute approximate surface area is 112 Å². The van der Waals surface area contributed by atoms with Gasteiger partial charge >= 0.3 is 0 Å². The summed E-state index contributed by atoms with van der Waals surface area (Å²) in [5.41, 5.74) is 0. The van der Waals surface area contributed by atoms with Crippen molar-refractivity contribution in [2.24, 2.45) is 0 Å². The fraction of sp³-hybridized carbons (Fsp3) is 0.667. The average molecular weight is 302 g/mol. The predicted molar refractivity (Wildman–Crippen MR) is 74.1 cm³/mol. The molecule has 1 aromatic rings. The summed E-state index contributed by atoms with van der Waals surface area (Å²) < 4.78 is 5.57. The van der Waals surface area contributed by atoms with Crippen LogP contribution in [0.1, 0.15) is 27.7 Å². The van der Waals surface area contributed by atoms with Crippen LogP contribution in [0.15, 0.2) is 12.4 Å². The van der Waals surface area contributed by atoms with Crippen LogP contribution < -0.4 is 9.64 Å². The van der Waals surface area contributed by atoms with Crippen molar-refractivity contribution in [1.82, 2.24) is 9.97 Å². The van der Waals surface area contributed by atoms with Gasteiger partial charge in [0.1, 0.15) is 12.1 Å². The van der Waals surface area contributed by atoms with Gasteiger partial charge in [0.2, 0.25) is 5.88 Å². The molecule has 1 aromatic heterocycles. The molecule has 0 fully saturated rings. The number of alkyl halides is 1. The van der Waals surface area contributed by atoms with E-state index < -0.39 is 0 Å². The molecule has 0 saturated carbocycles. The maximum Gasteiger partial charge on any atom is 0.218 e. The molecular weight excluding hydrogens is 282 g/mol. The van der Waals surface area contributed by atoms with Gasteiger partial charge in [0.05, 0.1) is 6.10 Å². The highest BCUT2D eigenvalue weighted by atomic mass is 79.9. The quantitative estimate of drug-likeness (QED) is 0.757. The van der Waals surface area contributed by atoms with Crippen molar-refractivity contribution in [3.05, 3.63) is 12.4 Å². The van der Waals surface area contributed by atoms with Gasteiger partial charge in [-0.2, -0.15) is 0 Å². The number of nitrogens with zero attached hydrogens (tertiary/aromatic N) is 3. The van der Waals surface area contributed by atoms with Gasteiger partial charge in [-0.25, -0.2) is 9.97 Å². The molecule has 17 heavy (non-hydrogen) atoms. The van der Waals surface area contributed by atoms with Crippen LogP contribution in [0.2, 0.25) is 0 Å². The minimum atomic E-state index is 0.126. The molecule has 0 N–H and O–H groups in total. The zero-order chi connectivity index (χ0) is 12.8. The summed E-state index contributed by atoms with van der Waals surface area (Å²) in [7, 11) is 0. The molecule has 0 amide bonds. The third kappa shape index (κ3) is 4.50. The second-order valence-corrected chi connectivity index (χ2v) is 5.15. The molecule has 0 unspecified atom stereocenters. The van der Waals surface area contributed by atoms with E-state index in [0.29, 0.717) is 11.9 Å². The first-order valence-electron chi connectivity index (χ1n) is 5.86. The summed E-state index contributed by atoms with van der Waals surface area (Å²) in [5.74, 6) is 1.54. The van der Waals surface area contributed by atoms with Crippen LogP contribution >= 0.6 is 15.9 Å². The molecule has 0 aliphatic carbocycles. The van der Waals surface area contributed by atoms with Gasteiger partial charge in [-0.15, -0.1) is 0 Å². The highest BCUT2D eigenvalue weighted by molar-refractivity contribution is 9.09. The van der Waals surface area contributed by atoms with E-state index in [2.05, 4.69) is 44.6 Å². The maximum atomic E-state index is 5.57. The van der Waals surface area contributed by atoms with Crippen LogP contribution in [0.4, 0.5) is 5.82 Å². The van der Waals surface area contributed by atoms with E-state index in [1.807, 2.05) is 19.9 Å². The van der Waals surface area contributed by atoms with Gasteiger partial charge in [-0.3, -0.25) is 0 Å². The number of aromatic nitrogens is 2. The van der Waals surface area contributed by atoms with E-state index in [1.54, 1.807) is 6.33 Å². The third-order valence-electron chi connectivity index (χ3n) is 2.23. The van der Waals surface area contributed by atoms with Crippen molar-refractivity contribution >= 4 is 21.7 Å². The van der Waals surface area contributed by atoms with Gasteiger partial charge in [0.15, 0.2) is 0 Å². The number of halogens is 1. The molecule has 0 atom stereocenters. The fourth-order valence-electron chi connectivity index (χ4n) is 1.52. The fourth-order valence-corrected chi connectivity index (χ4v) is 1.90. The monoisotopic (exact) mass is 301 g/mol. The lowest BCUT2D eigenvalue weighted by Gasteiger charge is -2.27. The van der Waals surface area contributed by atoms with Crippen molar-refractivity contribution < 1.29 is 4.74 Å². The molecule has 0 aliphatic rings. The topological polar surface area (TPSA) is 38.2 Å². The SMILES string of the molecule is CC(C)Oc1cc(N(CCBr)C(C)C)ncn1. The van der Waals surface area contributed by atoms with Crippen LogP contribution in [-0.2, 0) is 0 Å². The summed E-state index contributed by atoms with van der Waals surface area (Å²) in [4.78, 5) is 10.6. The Morgan fingerprint density at radius 1 is 1.29 bits per heavy atom. The minimum absolute atomic E-state index is 0.126. The normalized spacial score (nSPS) is 11.0. The Morgan fingerprint density at radius 3 is 2.53 bits per heavy atom. The Kier molecular flexibility index (Phi) is 5.68. The van der Waals surface area contributed by atoms with Gasteiger partial charge in [0.25, 0.3) is 0 Å². The summed E-state index contributed by atoms with van der Waals surface area (Å²) in [6.45, 7) is 9.18. The standard InChI is InChI=1S/C12H20BrN3O/c1-9(2)16(6-5-13)11-7-12(15-8-14-11)17-10(3)4/h7-10H,5-6H2,1-4H3. The Hall–Kier alpha value is -0.840. The van der Waals surface area contributed by atoms with Crippen LogP contribution in [-0.4, -0.2) is 34.0 Å². The summed E-state index contributed by atoms with van der Waals surface area (Å²) in [6, 6.07) is 2.29. The van der Waals surface area contributed by atoms with E-state index in [1.165, 1.54) is 0 Å². The molecule has 0 bridgehead atoms. The maximum absolute atomic E-state index is 5.57. The van der Waals surface area contributed by atoms with Gasteiger partial charge in [-0.1, -0.05) is 15.9 Å². The lowest BCUT2D eigenvalue weighted by atomic mass is 10.3. The molecule has 96 valence electrons. The average Bonchev–Trinajstić information content (AvgIpc) is 2.24. The molecular formula is C12H20BrN3O. The van der Waals surface area contributed by atoms with Crippen molar-refractivity contribution in [2.75, 3.05) is 16.8 Å². The lowest BCUT2D eigenvalue weighted by molar-refractivity contribution is 0.232. The van der Waals surface area contributed by atoms with Gasteiger partial charge < -0.3 is 9.64 Å². The molecule has 0 aromatic carbocycles. The van der Waals surface area contributed by atoms with Gasteiger partial charge in [0, 0.05) is 24.0 Å². The van der Waals surface area contributed by atoms with Crippen LogP contribution in [0.5, 0.6) is 5.88 Å². The van der Waals surface area contributed by atoms with Gasteiger partial charge in [-0.05, 0) is 27.7 Å². The van der Waals surface area contributed by atoms with Crippen molar-refractivity contribution in [2.45, 2.75) is 39.8 Å². The summed E-state index contributed by atoms with van der Waals surface area (Å²) >= 11 is 3.46. The lowest BCUT2D eigenvalue weighted by Crippen LogP contribution is -2.33. The first kappa shape index (κ1) is 14.2. The second-order valence-electron chi connectivity index (χ2n) is 4.36. The number of hydrogen-bond donors (Lipinski definition) is 0. The van der Waals surface area contributed by atoms with E-state index in [9.17, 15) is 0 Å². The van der Waals surface area contributed by atoms with E-state index >= 15 is 0 Å². The van der Waals surface area contributed by atoms with Crippen LogP contribution in [0.3, 0.4) is 0 Å². The molecule has 1 rings (SSSR count). The summed E-state index contributed by atoms with van der Waals surface area (Å²) in [6.07, 6.45) is 1.68. The first-order valence-corrected chi connectivity index (χ1v) is 6.98. The molecule has 0 aliphatic heterocycles. The number of rotatable bonds is 6. The molecule has 0 radical (unpaired) electrons. The third-order valence-corrected chi connectivity index (χ3v) is 2.58. The Bertz CT molecular complexity index is 344. The van der Waals surface area contributed by atoms with Crippen molar-refractivity contribution in [3.63, 3.8) is 0 Å². The zero-order valence-electron chi connectivity index (χ0n) is 10.9. The predicted octanol–water partition coefficient (Wildman–Crippen LogP) is 2.87. The summed E-state index contributed by atoms with van der Waals surface area (Å²) in [5, 5.41) is 0.912. The molecule has 1 heterocycles. The second kappa shape index (κ2) is 6.79. The zero-order valence-corrected chi connectivity index (χ0v) is 12.4. The largest absolute Gasteiger partial charge is 0.475 e. The number of ether oxygens (including phenoxy) is 1. The van der Waals surface area contributed by atoms with E-state index in [-0.39, 0.29) is 6.10 Å².